The first-order valence-electron chi connectivity index (χ1n) is 8.04. The second kappa shape index (κ2) is 6.85. The van der Waals surface area contributed by atoms with Crippen LogP contribution in [0.25, 0.3) is 0 Å². The Morgan fingerprint density at radius 1 is 1.10 bits per heavy atom. The van der Waals surface area contributed by atoms with Crippen molar-refractivity contribution in [3.8, 4) is 0 Å². The van der Waals surface area contributed by atoms with Crippen molar-refractivity contribution in [2.45, 2.75) is 51.9 Å². The van der Waals surface area contributed by atoms with E-state index < -0.39 is 0 Å². The average Bonchev–Trinajstić information content (AvgIpc) is 2.78. The smallest absolute Gasteiger partial charge is 0.147 e. The highest BCUT2D eigenvalue weighted by Gasteiger charge is 2.25. The van der Waals surface area contributed by atoms with Gasteiger partial charge >= 0.3 is 0 Å². The molecule has 2 saturated heterocycles. The Balaban J connectivity index is 1.51. The van der Waals surface area contributed by atoms with Crippen molar-refractivity contribution in [1.82, 2.24) is 19.7 Å². The average molecular weight is 294 g/mol. The van der Waals surface area contributed by atoms with Gasteiger partial charge in [0.25, 0.3) is 0 Å². The van der Waals surface area contributed by atoms with Gasteiger partial charge in [0.05, 0.1) is 25.4 Å². The molecule has 0 spiro atoms. The molecule has 1 aromatic heterocycles. The fourth-order valence-corrected chi connectivity index (χ4v) is 3.22. The Morgan fingerprint density at radius 2 is 1.95 bits per heavy atom. The molecule has 0 amide bonds. The summed E-state index contributed by atoms with van der Waals surface area (Å²) in [5, 5.41) is 4.43. The zero-order chi connectivity index (χ0) is 14.7. The molecule has 1 aromatic rings. The van der Waals surface area contributed by atoms with Crippen LogP contribution in [-0.2, 0) is 16.0 Å². The summed E-state index contributed by atoms with van der Waals surface area (Å²) in [5.74, 6) is 1.79. The van der Waals surface area contributed by atoms with E-state index in [4.69, 9.17) is 9.47 Å². The van der Waals surface area contributed by atoms with E-state index in [9.17, 15) is 0 Å². The molecule has 6 heteroatoms. The van der Waals surface area contributed by atoms with Crippen LogP contribution >= 0.6 is 0 Å². The number of morpholine rings is 1. The molecule has 0 N–H and O–H groups in total. The minimum absolute atomic E-state index is 0.196. The number of nitrogens with zero attached hydrogens (tertiary/aromatic N) is 4. The molecular weight excluding hydrogens is 268 g/mol. The second-order valence-electron chi connectivity index (χ2n) is 6.13. The highest BCUT2D eigenvalue weighted by Crippen LogP contribution is 2.16. The van der Waals surface area contributed by atoms with Gasteiger partial charge in [-0.1, -0.05) is 0 Å². The zero-order valence-corrected chi connectivity index (χ0v) is 13.1. The molecule has 3 rings (SSSR count). The van der Waals surface area contributed by atoms with Gasteiger partial charge in [0, 0.05) is 26.2 Å². The van der Waals surface area contributed by atoms with Crippen molar-refractivity contribution >= 4 is 0 Å². The maximum Gasteiger partial charge on any atom is 0.147 e. The maximum absolute atomic E-state index is 5.89. The Bertz CT molecular complexity index is 457. The van der Waals surface area contributed by atoms with Gasteiger partial charge in [-0.05, 0) is 33.1 Å². The quantitative estimate of drug-likeness (QED) is 0.834. The maximum atomic E-state index is 5.89. The van der Waals surface area contributed by atoms with Gasteiger partial charge in [0.15, 0.2) is 0 Å². The summed E-state index contributed by atoms with van der Waals surface area (Å²) in [6, 6.07) is 0. The van der Waals surface area contributed by atoms with E-state index in [-0.39, 0.29) is 6.10 Å². The van der Waals surface area contributed by atoms with Crippen molar-refractivity contribution in [2.24, 2.45) is 0 Å². The highest BCUT2D eigenvalue weighted by atomic mass is 16.5. The molecule has 0 aliphatic carbocycles. The van der Waals surface area contributed by atoms with Crippen LogP contribution in [0.1, 0.15) is 30.9 Å². The Labute approximate surface area is 126 Å². The largest absolute Gasteiger partial charge is 0.377 e. The normalized spacial score (nSPS) is 27.9. The van der Waals surface area contributed by atoms with Crippen molar-refractivity contribution in [3.05, 3.63) is 11.6 Å². The third kappa shape index (κ3) is 4.02. The lowest BCUT2D eigenvalue weighted by Gasteiger charge is -2.36. The molecule has 2 aliphatic rings. The van der Waals surface area contributed by atoms with E-state index in [0.29, 0.717) is 6.10 Å². The molecular formula is C15H26N4O2. The Kier molecular flexibility index (Phi) is 4.87. The van der Waals surface area contributed by atoms with Gasteiger partial charge in [0.1, 0.15) is 11.6 Å². The lowest BCUT2D eigenvalue weighted by molar-refractivity contribution is -0.0652. The van der Waals surface area contributed by atoms with Crippen molar-refractivity contribution in [1.29, 1.82) is 0 Å². The standard InChI is InChI=1S/C15H26N4O2/c1-12-16-13(2)19(17-12)11-15-10-18(6-8-21-15)9-14-5-3-4-7-20-14/h14-15H,3-11H2,1-2H3/t14-,15-/m1/s1. The molecule has 0 aromatic carbocycles. The molecule has 21 heavy (non-hydrogen) atoms. The van der Waals surface area contributed by atoms with Crippen molar-refractivity contribution < 1.29 is 9.47 Å². The molecule has 0 bridgehead atoms. The third-order valence-electron chi connectivity index (χ3n) is 4.30. The first-order chi connectivity index (χ1) is 10.2. The van der Waals surface area contributed by atoms with E-state index in [0.717, 1.165) is 51.0 Å². The van der Waals surface area contributed by atoms with Gasteiger partial charge in [-0.3, -0.25) is 4.90 Å². The Hall–Kier alpha value is -0.980. The van der Waals surface area contributed by atoms with Crippen molar-refractivity contribution in [3.63, 3.8) is 0 Å². The van der Waals surface area contributed by atoms with Gasteiger partial charge in [0.2, 0.25) is 0 Å². The summed E-state index contributed by atoms with van der Waals surface area (Å²) in [6.07, 6.45) is 4.32. The lowest BCUT2D eigenvalue weighted by Crippen LogP contribution is -2.47. The lowest BCUT2D eigenvalue weighted by atomic mass is 10.1. The van der Waals surface area contributed by atoms with Gasteiger partial charge in [-0.25, -0.2) is 9.67 Å². The number of hydrogen-bond acceptors (Lipinski definition) is 5. The minimum Gasteiger partial charge on any atom is -0.377 e. The SMILES string of the molecule is Cc1nc(C)n(C[C@H]2CN(C[C@H]3CCCCO3)CCO2)n1. The van der Waals surface area contributed by atoms with Gasteiger partial charge in [-0.15, -0.1) is 0 Å². The molecule has 0 radical (unpaired) electrons. The van der Waals surface area contributed by atoms with E-state index >= 15 is 0 Å². The van der Waals surface area contributed by atoms with Crippen LogP contribution in [0.15, 0.2) is 0 Å². The van der Waals surface area contributed by atoms with Crippen LogP contribution in [0.3, 0.4) is 0 Å². The molecule has 0 unspecified atom stereocenters. The molecule has 2 aliphatic heterocycles. The minimum atomic E-state index is 0.196. The zero-order valence-electron chi connectivity index (χ0n) is 13.1. The summed E-state index contributed by atoms with van der Waals surface area (Å²) < 4.78 is 13.7. The first kappa shape index (κ1) is 14.9. The fraction of sp³-hybridized carbons (Fsp3) is 0.867. The van der Waals surface area contributed by atoms with E-state index in [1.165, 1.54) is 19.3 Å². The number of aryl methyl sites for hydroxylation is 2. The summed E-state index contributed by atoms with van der Waals surface area (Å²) in [4.78, 5) is 6.83. The van der Waals surface area contributed by atoms with Crippen LogP contribution in [0, 0.1) is 13.8 Å². The third-order valence-corrected chi connectivity index (χ3v) is 4.30. The summed E-state index contributed by atoms with van der Waals surface area (Å²) in [7, 11) is 0. The fourth-order valence-electron chi connectivity index (χ4n) is 3.22. The van der Waals surface area contributed by atoms with E-state index in [2.05, 4.69) is 15.0 Å². The topological polar surface area (TPSA) is 52.4 Å². The van der Waals surface area contributed by atoms with Gasteiger partial charge < -0.3 is 9.47 Å². The van der Waals surface area contributed by atoms with Crippen LogP contribution < -0.4 is 0 Å². The number of ether oxygens (including phenoxy) is 2. The summed E-state index contributed by atoms with van der Waals surface area (Å²) >= 11 is 0. The van der Waals surface area contributed by atoms with Crippen LogP contribution in [0.4, 0.5) is 0 Å². The van der Waals surface area contributed by atoms with Crippen LogP contribution in [0.5, 0.6) is 0 Å². The molecule has 6 nitrogen and oxygen atoms in total. The highest BCUT2D eigenvalue weighted by molar-refractivity contribution is 4.88. The van der Waals surface area contributed by atoms with E-state index in [1.807, 2.05) is 18.5 Å². The molecule has 3 heterocycles. The van der Waals surface area contributed by atoms with Crippen molar-refractivity contribution in [2.75, 3.05) is 32.8 Å². The summed E-state index contributed by atoms with van der Waals surface area (Å²) in [6.45, 7) is 9.43. The monoisotopic (exact) mass is 294 g/mol. The predicted molar refractivity (Wildman–Crippen MR) is 79.3 cm³/mol. The molecule has 2 fully saturated rings. The predicted octanol–water partition coefficient (Wildman–Crippen LogP) is 1.16. The van der Waals surface area contributed by atoms with Gasteiger partial charge in [-0.2, -0.15) is 5.10 Å². The number of hydrogen-bond donors (Lipinski definition) is 0. The van der Waals surface area contributed by atoms with E-state index in [1.54, 1.807) is 0 Å². The first-order valence-corrected chi connectivity index (χ1v) is 8.04. The molecule has 2 atom stereocenters. The molecule has 118 valence electrons. The summed E-state index contributed by atoms with van der Waals surface area (Å²) in [5.41, 5.74) is 0. The second-order valence-corrected chi connectivity index (χ2v) is 6.13. The number of aromatic nitrogens is 3. The number of rotatable bonds is 4. The van der Waals surface area contributed by atoms with Crippen LogP contribution in [0.2, 0.25) is 0 Å². The van der Waals surface area contributed by atoms with Crippen LogP contribution in [-0.4, -0.2) is 64.7 Å². The molecule has 0 saturated carbocycles. The Morgan fingerprint density at radius 3 is 2.67 bits per heavy atom.